The number of piperidine rings is 1. The minimum atomic E-state index is -0.0895. The second-order valence-electron chi connectivity index (χ2n) is 7.82. The van der Waals surface area contributed by atoms with Crippen molar-refractivity contribution < 1.29 is 9.59 Å². The number of carbonyl (C=O) groups excluding carboxylic acids is 2. The minimum absolute atomic E-state index is 0.00535. The highest BCUT2D eigenvalue weighted by molar-refractivity contribution is 6.31. The lowest BCUT2D eigenvalue weighted by Gasteiger charge is -2.32. The van der Waals surface area contributed by atoms with E-state index in [-0.39, 0.29) is 23.8 Å². The average Bonchev–Trinajstić information content (AvgIpc) is 2.75. The summed E-state index contributed by atoms with van der Waals surface area (Å²) < 4.78 is 0. The summed E-state index contributed by atoms with van der Waals surface area (Å²) in [7, 11) is 3.95. The van der Waals surface area contributed by atoms with Gasteiger partial charge in [-0.3, -0.25) is 9.59 Å². The first-order valence-electron chi connectivity index (χ1n) is 10.1. The predicted molar refractivity (Wildman–Crippen MR) is 121 cm³/mol. The van der Waals surface area contributed by atoms with Crippen molar-refractivity contribution in [1.29, 1.82) is 0 Å². The van der Waals surface area contributed by atoms with E-state index in [0.717, 1.165) is 5.56 Å². The normalized spacial score (nSPS) is 15.8. The third-order valence-electron chi connectivity index (χ3n) is 5.60. The van der Waals surface area contributed by atoms with Crippen LogP contribution in [0.15, 0.2) is 48.5 Å². The van der Waals surface area contributed by atoms with E-state index in [0.29, 0.717) is 48.1 Å². The van der Waals surface area contributed by atoms with Crippen LogP contribution in [0.4, 0.5) is 0 Å². The molecule has 1 heterocycles. The predicted octanol–water partition coefficient (Wildman–Crippen LogP) is 4.26. The molecule has 2 amide bonds. The maximum absolute atomic E-state index is 12.7. The van der Waals surface area contributed by atoms with Gasteiger partial charge in [-0.05, 0) is 62.8 Å². The molecule has 0 bridgehead atoms. The molecular weight excluding hydrogens is 421 g/mol. The second-order valence-corrected chi connectivity index (χ2v) is 8.66. The van der Waals surface area contributed by atoms with E-state index < -0.39 is 0 Å². The molecule has 160 valence electrons. The van der Waals surface area contributed by atoms with Gasteiger partial charge in [0.2, 0.25) is 5.91 Å². The van der Waals surface area contributed by atoms with Crippen molar-refractivity contribution in [2.24, 2.45) is 5.92 Å². The molecule has 1 fully saturated rings. The van der Waals surface area contributed by atoms with Crippen molar-refractivity contribution in [3.63, 3.8) is 0 Å². The Morgan fingerprint density at radius 3 is 2.30 bits per heavy atom. The first-order chi connectivity index (χ1) is 14.4. The van der Waals surface area contributed by atoms with Crippen molar-refractivity contribution in [1.82, 2.24) is 15.1 Å². The van der Waals surface area contributed by atoms with Gasteiger partial charge in [0.1, 0.15) is 0 Å². The third-order valence-corrected chi connectivity index (χ3v) is 6.20. The van der Waals surface area contributed by atoms with Gasteiger partial charge >= 0.3 is 0 Å². The molecular formula is C23H27Cl2N3O2. The molecule has 5 nitrogen and oxygen atoms in total. The maximum Gasteiger partial charge on any atom is 0.253 e. The number of hydrogen-bond acceptors (Lipinski definition) is 3. The van der Waals surface area contributed by atoms with Crippen LogP contribution < -0.4 is 5.32 Å². The number of likely N-dealkylation sites (N-methyl/N-ethyl adjacent to an activating group) is 1. The number of nitrogens with zero attached hydrogens (tertiary/aromatic N) is 2. The molecule has 0 aromatic heterocycles. The second kappa shape index (κ2) is 10.3. The van der Waals surface area contributed by atoms with Gasteiger partial charge in [0.05, 0.1) is 6.04 Å². The zero-order chi connectivity index (χ0) is 21.7. The number of likely N-dealkylation sites (tertiary alicyclic amines) is 1. The average molecular weight is 448 g/mol. The molecule has 1 saturated heterocycles. The molecule has 30 heavy (non-hydrogen) atoms. The standard InChI is InChI=1S/C23H27Cl2N3O2/c1-27(2)21(19-5-3-4-6-20(19)25)15-26-22(29)16-11-13-28(14-12-16)23(30)17-7-9-18(24)10-8-17/h3-10,16,21H,11-15H2,1-2H3,(H,26,29)/t21-/m0/s1. The van der Waals surface area contributed by atoms with Gasteiger partial charge in [0.15, 0.2) is 0 Å². The smallest absolute Gasteiger partial charge is 0.253 e. The Morgan fingerprint density at radius 1 is 1.07 bits per heavy atom. The van der Waals surface area contributed by atoms with Crippen molar-refractivity contribution >= 4 is 35.0 Å². The summed E-state index contributed by atoms with van der Waals surface area (Å²) in [6.07, 6.45) is 1.31. The third kappa shape index (κ3) is 5.54. The zero-order valence-electron chi connectivity index (χ0n) is 17.3. The molecule has 1 atom stereocenters. The lowest BCUT2D eigenvalue weighted by atomic mass is 9.95. The van der Waals surface area contributed by atoms with Crippen LogP contribution in [-0.4, -0.2) is 55.3 Å². The molecule has 0 aliphatic carbocycles. The van der Waals surface area contributed by atoms with Crippen molar-refractivity contribution in [2.45, 2.75) is 18.9 Å². The fourth-order valence-corrected chi connectivity index (χ4v) is 4.17. The highest BCUT2D eigenvalue weighted by atomic mass is 35.5. The summed E-state index contributed by atoms with van der Waals surface area (Å²) in [5.41, 5.74) is 1.61. The van der Waals surface area contributed by atoms with Gasteiger partial charge in [-0.2, -0.15) is 0 Å². The number of rotatable bonds is 6. The Kier molecular flexibility index (Phi) is 7.75. The van der Waals surface area contributed by atoms with E-state index >= 15 is 0 Å². The van der Waals surface area contributed by atoms with Gasteiger partial charge in [0.25, 0.3) is 5.91 Å². The number of benzene rings is 2. The maximum atomic E-state index is 12.7. The SMILES string of the molecule is CN(C)[C@@H](CNC(=O)C1CCN(C(=O)c2ccc(Cl)cc2)CC1)c1ccccc1Cl. The summed E-state index contributed by atoms with van der Waals surface area (Å²) in [6, 6.07) is 14.6. The topological polar surface area (TPSA) is 52.7 Å². The Bertz CT molecular complexity index is 878. The molecule has 0 spiro atoms. The molecule has 2 aromatic rings. The van der Waals surface area contributed by atoms with Crippen molar-refractivity contribution in [2.75, 3.05) is 33.7 Å². The van der Waals surface area contributed by atoms with E-state index in [1.807, 2.05) is 38.4 Å². The summed E-state index contributed by atoms with van der Waals surface area (Å²) in [4.78, 5) is 29.2. The molecule has 0 saturated carbocycles. The molecule has 3 rings (SSSR count). The quantitative estimate of drug-likeness (QED) is 0.719. The number of amides is 2. The largest absolute Gasteiger partial charge is 0.354 e. The number of halogens is 2. The summed E-state index contributed by atoms with van der Waals surface area (Å²) in [5.74, 6) is -0.0715. The summed E-state index contributed by atoms with van der Waals surface area (Å²) >= 11 is 12.2. The van der Waals surface area contributed by atoms with E-state index in [1.165, 1.54) is 0 Å². The number of hydrogen-bond donors (Lipinski definition) is 1. The number of carbonyl (C=O) groups is 2. The Morgan fingerprint density at radius 2 is 1.70 bits per heavy atom. The molecule has 0 radical (unpaired) electrons. The highest BCUT2D eigenvalue weighted by Gasteiger charge is 2.28. The molecule has 7 heteroatoms. The van der Waals surface area contributed by atoms with Crippen LogP contribution >= 0.6 is 23.2 Å². The van der Waals surface area contributed by atoms with Crippen LogP contribution in [-0.2, 0) is 4.79 Å². The van der Waals surface area contributed by atoms with Crippen LogP contribution in [0, 0.1) is 5.92 Å². The summed E-state index contributed by atoms with van der Waals surface area (Å²) in [5, 5.41) is 4.38. The zero-order valence-corrected chi connectivity index (χ0v) is 18.8. The van der Waals surface area contributed by atoms with Crippen LogP contribution in [0.1, 0.15) is 34.8 Å². The Balaban J connectivity index is 1.53. The lowest BCUT2D eigenvalue weighted by molar-refractivity contribution is -0.126. The van der Waals surface area contributed by atoms with Crippen LogP contribution in [0.2, 0.25) is 10.0 Å². The Hall–Kier alpha value is -2.08. The number of nitrogens with one attached hydrogen (secondary N) is 1. The fraction of sp³-hybridized carbons (Fsp3) is 0.391. The molecule has 1 aliphatic heterocycles. The van der Waals surface area contributed by atoms with Crippen LogP contribution in [0.25, 0.3) is 0 Å². The first-order valence-corrected chi connectivity index (χ1v) is 10.9. The molecule has 2 aromatic carbocycles. The van der Waals surface area contributed by atoms with Gasteiger partial charge in [-0.1, -0.05) is 41.4 Å². The molecule has 1 N–H and O–H groups in total. The van der Waals surface area contributed by atoms with Crippen molar-refractivity contribution in [3.8, 4) is 0 Å². The van der Waals surface area contributed by atoms with Gasteiger partial charge in [-0.15, -0.1) is 0 Å². The highest BCUT2D eigenvalue weighted by Crippen LogP contribution is 2.26. The minimum Gasteiger partial charge on any atom is -0.354 e. The van der Waals surface area contributed by atoms with Crippen molar-refractivity contribution in [3.05, 3.63) is 69.7 Å². The van der Waals surface area contributed by atoms with Crippen LogP contribution in [0.5, 0.6) is 0 Å². The van der Waals surface area contributed by atoms with E-state index in [9.17, 15) is 9.59 Å². The van der Waals surface area contributed by atoms with Gasteiger partial charge < -0.3 is 15.1 Å². The van der Waals surface area contributed by atoms with E-state index in [4.69, 9.17) is 23.2 Å². The van der Waals surface area contributed by atoms with Gasteiger partial charge in [-0.25, -0.2) is 0 Å². The lowest BCUT2D eigenvalue weighted by Crippen LogP contribution is -2.44. The van der Waals surface area contributed by atoms with Crippen LogP contribution in [0.3, 0.4) is 0 Å². The molecule has 1 aliphatic rings. The van der Waals surface area contributed by atoms with Gasteiger partial charge in [0, 0.05) is 41.2 Å². The Labute approximate surface area is 187 Å². The fourth-order valence-electron chi connectivity index (χ4n) is 3.78. The van der Waals surface area contributed by atoms with E-state index in [1.54, 1.807) is 29.2 Å². The monoisotopic (exact) mass is 447 g/mol. The molecule has 0 unspecified atom stereocenters. The first kappa shape index (κ1) is 22.6. The van der Waals surface area contributed by atoms with E-state index in [2.05, 4.69) is 10.2 Å². The summed E-state index contributed by atoms with van der Waals surface area (Å²) in [6.45, 7) is 1.63.